The normalized spacial score (nSPS) is 10.8. The number of hydrogen-bond acceptors (Lipinski definition) is 4. The zero-order chi connectivity index (χ0) is 20.8. The molecule has 0 bridgehead atoms. The van der Waals surface area contributed by atoms with Crippen LogP contribution in [0.25, 0.3) is 16.9 Å². The fraction of sp³-hybridized carbons (Fsp3) is 0.0417. The molecule has 6 nitrogen and oxygen atoms in total. The number of nitrogens with one attached hydrogen (secondary N) is 1. The number of benzene rings is 3. The van der Waals surface area contributed by atoms with Gasteiger partial charge in [0.1, 0.15) is 11.4 Å². The standard InChI is InChI=1S/C24H20N4O2/c1-30-21-14-8-9-18(15-21)16-25-26-24(29)22-17-28(20-12-6-3-7-13-20)27-23(22)19-10-4-2-5-11-19/h2-17H,1H3,(H,26,29)/b25-16+. The number of carbonyl (C=O) groups excluding carboxylic acids is 1. The first kappa shape index (κ1) is 19.1. The highest BCUT2D eigenvalue weighted by Crippen LogP contribution is 2.23. The quantitative estimate of drug-likeness (QED) is 0.390. The highest BCUT2D eigenvalue weighted by molar-refractivity contribution is 6.00. The van der Waals surface area contributed by atoms with Gasteiger partial charge in [0.15, 0.2) is 0 Å². The Labute approximate surface area is 174 Å². The number of ether oxygens (including phenoxy) is 1. The molecule has 0 radical (unpaired) electrons. The number of aromatic nitrogens is 2. The summed E-state index contributed by atoms with van der Waals surface area (Å²) in [6, 6.07) is 26.7. The van der Waals surface area contributed by atoms with Gasteiger partial charge in [0.05, 0.1) is 24.6 Å². The van der Waals surface area contributed by atoms with Crippen molar-refractivity contribution in [3.8, 4) is 22.7 Å². The van der Waals surface area contributed by atoms with Crippen molar-refractivity contribution in [2.75, 3.05) is 7.11 Å². The third kappa shape index (κ3) is 4.28. The van der Waals surface area contributed by atoms with Gasteiger partial charge in [-0.2, -0.15) is 10.2 Å². The summed E-state index contributed by atoms with van der Waals surface area (Å²) in [4.78, 5) is 12.9. The summed E-state index contributed by atoms with van der Waals surface area (Å²) in [7, 11) is 1.60. The Kier molecular flexibility index (Phi) is 5.66. The van der Waals surface area contributed by atoms with Gasteiger partial charge in [-0.25, -0.2) is 10.1 Å². The first-order valence-corrected chi connectivity index (χ1v) is 9.42. The summed E-state index contributed by atoms with van der Waals surface area (Å²) in [5, 5.41) is 8.74. The van der Waals surface area contributed by atoms with Crippen molar-refractivity contribution in [2.45, 2.75) is 0 Å². The molecule has 6 heteroatoms. The average Bonchev–Trinajstić information content (AvgIpc) is 3.26. The molecule has 0 aliphatic heterocycles. The molecule has 4 aromatic rings. The van der Waals surface area contributed by atoms with Crippen molar-refractivity contribution in [1.82, 2.24) is 15.2 Å². The van der Waals surface area contributed by atoms with Crippen molar-refractivity contribution < 1.29 is 9.53 Å². The van der Waals surface area contributed by atoms with Crippen LogP contribution in [0.5, 0.6) is 5.75 Å². The van der Waals surface area contributed by atoms with Gasteiger partial charge in [-0.3, -0.25) is 4.79 Å². The Morgan fingerprint density at radius 1 is 1.00 bits per heavy atom. The summed E-state index contributed by atoms with van der Waals surface area (Å²) in [5.74, 6) is 0.385. The number of hydrogen-bond donors (Lipinski definition) is 1. The first-order valence-electron chi connectivity index (χ1n) is 9.42. The summed E-state index contributed by atoms with van der Waals surface area (Å²) in [5.41, 5.74) is 6.17. The lowest BCUT2D eigenvalue weighted by molar-refractivity contribution is 0.0955. The summed E-state index contributed by atoms with van der Waals surface area (Å²) in [6.45, 7) is 0. The molecule has 0 saturated carbocycles. The van der Waals surface area contributed by atoms with E-state index in [0.29, 0.717) is 11.3 Å². The molecular weight excluding hydrogens is 376 g/mol. The topological polar surface area (TPSA) is 68.5 Å². The van der Waals surface area contributed by atoms with Crippen molar-refractivity contribution in [3.05, 3.63) is 102 Å². The third-order valence-corrected chi connectivity index (χ3v) is 4.50. The van der Waals surface area contributed by atoms with Gasteiger partial charge in [0.2, 0.25) is 0 Å². The van der Waals surface area contributed by atoms with Crippen LogP contribution >= 0.6 is 0 Å². The maximum absolute atomic E-state index is 12.9. The minimum Gasteiger partial charge on any atom is -0.497 e. The Morgan fingerprint density at radius 2 is 1.73 bits per heavy atom. The van der Waals surface area contributed by atoms with Crippen molar-refractivity contribution in [2.24, 2.45) is 5.10 Å². The molecule has 0 aliphatic rings. The summed E-state index contributed by atoms with van der Waals surface area (Å²) in [6.07, 6.45) is 3.29. The Bertz CT molecular complexity index is 1170. The van der Waals surface area contributed by atoms with Crippen LogP contribution < -0.4 is 10.2 Å². The SMILES string of the molecule is COc1cccc(/C=N/NC(=O)c2cn(-c3ccccc3)nc2-c2ccccc2)c1. The second kappa shape index (κ2) is 8.87. The van der Waals surface area contributed by atoms with Gasteiger partial charge in [-0.15, -0.1) is 0 Å². The van der Waals surface area contributed by atoms with Crippen molar-refractivity contribution >= 4 is 12.1 Å². The number of carbonyl (C=O) groups is 1. The lowest BCUT2D eigenvalue weighted by Gasteiger charge is -2.02. The number of hydrazone groups is 1. The number of para-hydroxylation sites is 1. The predicted octanol–water partition coefficient (Wildman–Crippen LogP) is 4.31. The molecule has 1 N–H and O–H groups in total. The fourth-order valence-corrected chi connectivity index (χ4v) is 3.01. The lowest BCUT2D eigenvalue weighted by atomic mass is 10.1. The Morgan fingerprint density at radius 3 is 2.47 bits per heavy atom. The van der Waals surface area contributed by atoms with Crippen LogP contribution in [-0.2, 0) is 0 Å². The smallest absolute Gasteiger partial charge is 0.275 e. The van der Waals surface area contributed by atoms with Gasteiger partial charge in [-0.1, -0.05) is 60.7 Å². The van der Waals surface area contributed by atoms with E-state index in [9.17, 15) is 4.79 Å². The fourth-order valence-electron chi connectivity index (χ4n) is 3.01. The molecule has 0 saturated heterocycles. The van der Waals surface area contributed by atoms with Crippen LogP contribution in [0.4, 0.5) is 0 Å². The minimum atomic E-state index is -0.338. The molecule has 0 aliphatic carbocycles. The van der Waals surface area contributed by atoms with E-state index < -0.39 is 0 Å². The van der Waals surface area contributed by atoms with E-state index in [0.717, 1.165) is 22.6 Å². The number of methoxy groups -OCH3 is 1. The minimum absolute atomic E-state index is 0.338. The monoisotopic (exact) mass is 396 g/mol. The van der Waals surface area contributed by atoms with E-state index in [1.54, 1.807) is 24.2 Å². The highest BCUT2D eigenvalue weighted by Gasteiger charge is 2.18. The molecular formula is C24H20N4O2. The van der Waals surface area contributed by atoms with E-state index in [1.165, 1.54) is 0 Å². The molecule has 1 heterocycles. The van der Waals surface area contributed by atoms with E-state index in [1.807, 2.05) is 84.9 Å². The average molecular weight is 396 g/mol. The largest absolute Gasteiger partial charge is 0.497 e. The van der Waals surface area contributed by atoms with Gasteiger partial charge >= 0.3 is 0 Å². The highest BCUT2D eigenvalue weighted by atomic mass is 16.5. The second-order valence-corrected chi connectivity index (χ2v) is 6.51. The second-order valence-electron chi connectivity index (χ2n) is 6.51. The molecule has 0 fully saturated rings. The molecule has 30 heavy (non-hydrogen) atoms. The molecule has 1 amide bonds. The third-order valence-electron chi connectivity index (χ3n) is 4.50. The predicted molar refractivity (Wildman–Crippen MR) is 117 cm³/mol. The van der Waals surface area contributed by atoms with E-state index >= 15 is 0 Å². The van der Waals surface area contributed by atoms with E-state index in [-0.39, 0.29) is 5.91 Å². The number of nitrogens with zero attached hydrogens (tertiary/aromatic N) is 3. The molecule has 0 spiro atoms. The molecule has 1 aromatic heterocycles. The van der Waals surface area contributed by atoms with Crippen LogP contribution in [0.15, 0.2) is 96.2 Å². The Hall–Kier alpha value is -4.19. The van der Waals surface area contributed by atoms with Gasteiger partial charge in [-0.05, 0) is 29.8 Å². The molecule has 3 aromatic carbocycles. The van der Waals surface area contributed by atoms with Crippen LogP contribution in [-0.4, -0.2) is 29.0 Å². The number of amides is 1. The molecule has 148 valence electrons. The first-order chi connectivity index (χ1) is 14.7. The van der Waals surface area contributed by atoms with Crippen LogP contribution in [0.1, 0.15) is 15.9 Å². The van der Waals surface area contributed by atoms with Gasteiger partial charge in [0.25, 0.3) is 5.91 Å². The van der Waals surface area contributed by atoms with E-state index in [2.05, 4.69) is 15.6 Å². The maximum Gasteiger partial charge on any atom is 0.275 e. The van der Waals surface area contributed by atoms with Crippen molar-refractivity contribution in [3.63, 3.8) is 0 Å². The molecule has 4 rings (SSSR count). The summed E-state index contributed by atoms with van der Waals surface area (Å²) < 4.78 is 6.90. The van der Waals surface area contributed by atoms with Gasteiger partial charge < -0.3 is 4.74 Å². The Balaban J connectivity index is 1.62. The molecule has 0 atom stereocenters. The summed E-state index contributed by atoms with van der Waals surface area (Å²) >= 11 is 0. The zero-order valence-electron chi connectivity index (χ0n) is 16.4. The van der Waals surface area contributed by atoms with Crippen LogP contribution in [0, 0.1) is 0 Å². The van der Waals surface area contributed by atoms with Crippen molar-refractivity contribution in [1.29, 1.82) is 0 Å². The number of rotatable bonds is 6. The van der Waals surface area contributed by atoms with Crippen LogP contribution in [0.3, 0.4) is 0 Å². The van der Waals surface area contributed by atoms with Crippen LogP contribution in [0.2, 0.25) is 0 Å². The molecule has 0 unspecified atom stereocenters. The zero-order valence-corrected chi connectivity index (χ0v) is 16.4. The van der Waals surface area contributed by atoms with Gasteiger partial charge in [0, 0.05) is 11.8 Å². The lowest BCUT2D eigenvalue weighted by Crippen LogP contribution is -2.17. The van der Waals surface area contributed by atoms with E-state index in [4.69, 9.17) is 4.74 Å². The maximum atomic E-state index is 12.9.